The lowest BCUT2D eigenvalue weighted by Gasteiger charge is -2.10. The molecule has 14 heteroatoms. The van der Waals surface area contributed by atoms with Crippen molar-refractivity contribution in [1.82, 2.24) is 9.44 Å². The molecule has 4 rings (SSSR count). The van der Waals surface area contributed by atoms with Gasteiger partial charge in [0.1, 0.15) is 23.2 Å². The van der Waals surface area contributed by atoms with Crippen molar-refractivity contribution in [3.63, 3.8) is 0 Å². The topological polar surface area (TPSA) is 211 Å². The van der Waals surface area contributed by atoms with E-state index in [1.807, 2.05) is 48.5 Å². The maximum absolute atomic E-state index is 12.6. The van der Waals surface area contributed by atoms with Crippen LogP contribution in [0.3, 0.4) is 0 Å². The van der Waals surface area contributed by atoms with E-state index in [9.17, 15) is 16.8 Å². The van der Waals surface area contributed by atoms with Crippen LogP contribution < -0.4 is 30.4 Å². The second-order valence-electron chi connectivity index (χ2n) is 10.9. The van der Waals surface area contributed by atoms with Gasteiger partial charge in [0, 0.05) is 24.2 Å². The lowest BCUT2D eigenvalue weighted by molar-refractivity contribution is 0.287. The fourth-order valence-corrected chi connectivity index (χ4v) is 6.53. The van der Waals surface area contributed by atoms with Crippen LogP contribution in [0.4, 0.5) is 0 Å². The summed E-state index contributed by atoms with van der Waals surface area (Å²) in [6.07, 6.45) is 3.73. The summed E-state index contributed by atoms with van der Waals surface area (Å²) in [6.45, 7) is 1.39. The molecule has 4 aromatic rings. The minimum atomic E-state index is -3.70. The Bertz CT molecular complexity index is 1740. The van der Waals surface area contributed by atoms with Gasteiger partial charge < -0.3 is 20.9 Å². The molecule has 0 amide bonds. The standard InChI is InChI=1S/C34H40N6O6S2/c35-33(36)27-9-17-31(18-10-27)47(41,42)39-23-25-5-13-29(14-6-25)45-21-3-1-2-4-22-46-30-15-7-26(8-16-30)24-40-48(43,44)32-19-11-28(12-20-32)34(37)38/h5-20,39-40H,1-4,21-24H2,(H3,35,36)(H3,37,38). The zero-order valence-corrected chi connectivity index (χ0v) is 27.9. The number of nitrogen functional groups attached to an aromatic ring is 2. The average Bonchev–Trinajstić information content (AvgIpc) is 3.08. The molecule has 0 radical (unpaired) electrons. The zero-order chi connectivity index (χ0) is 34.6. The van der Waals surface area contributed by atoms with E-state index in [2.05, 4.69) is 9.44 Å². The smallest absolute Gasteiger partial charge is 0.240 e. The van der Waals surface area contributed by atoms with Crippen LogP contribution in [0.15, 0.2) is 107 Å². The van der Waals surface area contributed by atoms with Crippen molar-refractivity contribution in [2.75, 3.05) is 13.2 Å². The summed E-state index contributed by atoms with van der Waals surface area (Å²) >= 11 is 0. The number of rotatable bonds is 19. The molecule has 0 atom stereocenters. The number of amidine groups is 2. The van der Waals surface area contributed by atoms with Crippen molar-refractivity contribution in [1.29, 1.82) is 10.8 Å². The third-order valence-corrected chi connectivity index (χ3v) is 10.1. The van der Waals surface area contributed by atoms with Gasteiger partial charge in [-0.25, -0.2) is 26.3 Å². The van der Waals surface area contributed by atoms with E-state index >= 15 is 0 Å². The van der Waals surface area contributed by atoms with Crippen LogP contribution in [0.2, 0.25) is 0 Å². The second-order valence-corrected chi connectivity index (χ2v) is 14.5. The molecule has 0 aliphatic rings. The number of unbranched alkanes of at least 4 members (excludes halogenated alkanes) is 3. The van der Waals surface area contributed by atoms with Crippen molar-refractivity contribution >= 4 is 31.7 Å². The first-order valence-corrected chi connectivity index (χ1v) is 18.2. The van der Waals surface area contributed by atoms with Crippen molar-refractivity contribution < 1.29 is 26.3 Å². The molecule has 0 unspecified atom stereocenters. The summed E-state index contributed by atoms with van der Waals surface area (Å²) in [6, 6.07) is 26.2. The van der Waals surface area contributed by atoms with Crippen molar-refractivity contribution in [3.05, 3.63) is 119 Å². The lowest BCUT2D eigenvalue weighted by Crippen LogP contribution is -2.23. The fraction of sp³-hybridized carbons (Fsp3) is 0.235. The molecule has 12 nitrogen and oxygen atoms in total. The Morgan fingerprint density at radius 3 is 1.17 bits per heavy atom. The van der Waals surface area contributed by atoms with Crippen molar-refractivity contribution in [3.8, 4) is 11.5 Å². The molecule has 0 saturated heterocycles. The first kappa shape index (κ1) is 36.1. The van der Waals surface area contributed by atoms with E-state index < -0.39 is 20.0 Å². The molecule has 48 heavy (non-hydrogen) atoms. The number of nitrogens with two attached hydrogens (primary N) is 2. The minimum absolute atomic E-state index is 0.102. The number of ether oxygens (including phenoxy) is 2. The van der Waals surface area contributed by atoms with E-state index in [0.29, 0.717) is 35.8 Å². The number of nitrogens with one attached hydrogen (secondary N) is 4. The van der Waals surface area contributed by atoms with Gasteiger partial charge in [-0.1, -0.05) is 24.3 Å². The Labute approximate surface area is 281 Å². The normalized spacial score (nSPS) is 11.6. The largest absolute Gasteiger partial charge is 0.494 e. The Balaban J connectivity index is 1.07. The predicted octanol–water partition coefficient (Wildman–Crippen LogP) is 4.23. The van der Waals surface area contributed by atoms with E-state index in [0.717, 1.165) is 36.8 Å². The van der Waals surface area contributed by atoms with Gasteiger partial charge in [0.05, 0.1) is 23.0 Å². The molecule has 0 spiro atoms. The summed E-state index contributed by atoms with van der Waals surface area (Å²) in [5.41, 5.74) is 13.3. The third kappa shape index (κ3) is 10.9. The Morgan fingerprint density at radius 1 is 0.521 bits per heavy atom. The molecule has 0 aliphatic heterocycles. The molecular formula is C34H40N6O6S2. The first-order chi connectivity index (χ1) is 22.9. The molecule has 0 fully saturated rings. The number of hydrogen-bond acceptors (Lipinski definition) is 8. The van der Waals surface area contributed by atoms with Gasteiger partial charge in [0.15, 0.2) is 0 Å². The molecule has 0 aromatic heterocycles. The lowest BCUT2D eigenvalue weighted by atomic mass is 10.2. The Morgan fingerprint density at radius 2 is 0.854 bits per heavy atom. The SMILES string of the molecule is N=C(N)c1ccc(S(=O)(=O)NCc2ccc(OCCCCCCOc3ccc(CNS(=O)(=O)c4ccc(C(=N)N)cc4)cc3)cc2)cc1. The van der Waals surface area contributed by atoms with Crippen molar-refractivity contribution in [2.24, 2.45) is 11.5 Å². The molecule has 0 saturated carbocycles. The summed E-state index contributed by atoms with van der Waals surface area (Å²) in [4.78, 5) is 0.205. The minimum Gasteiger partial charge on any atom is -0.494 e. The van der Waals surface area contributed by atoms with Gasteiger partial charge in [-0.05, 0) is 110 Å². The Kier molecular flexibility index (Phi) is 12.7. The number of hydrogen-bond donors (Lipinski definition) is 6. The Hall–Kier alpha value is -4.76. The van der Waals surface area contributed by atoms with Crippen LogP contribution in [-0.2, 0) is 33.1 Å². The maximum atomic E-state index is 12.6. The van der Waals surface area contributed by atoms with Crippen LogP contribution in [-0.4, -0.2) is 41.7 Å². The highest BCUT2D eigenvalue weighted by Gasteiger charge is 2.15. The predicted molar refractivity (Wildman–Crippen MR) is 185 cm³/mol. The fourth-order valence-electron chi connectivity index (χ4n) is 4.50. The molecule has 254 valence electrons. The van der Waals surface area contributed by atoms with Crippen LogP contribution in [0.1, 0.15) is 47.9 Å². The van der Waals surface area contributed by atoms with E-state index in [4.69, 9.17) is 31.8 Å². The summed E-state index contributed by atoms with van der Waals surface area (Å²) in [5, 5.41) is 14.8. The van der Waals surface area contributed by atoms with Crippen LogP contribution >= 0.6 is 0 Å². The summed E-state index contributed by atoms with van der Waals surface area (Å²) < 4.78 is 67.0. The number of benzene rings is 4. The average molecular weight is 693 g/mol. The highest BCUT2D eigenvalue weighted by Crippen LogP contribution is 2.17. The molecular weight excluding hydrogens is 653 g/mol. The van der Waals surface area contributed by atoms with Crippen LogP contribution in [0.5, 0.6) is 11.5 Å². The monoisotopic (exact) mass is 692 g/mol. The van der Waals surface area contributed by atoms with E-state index in [-0.39, 0.29) is 34.6 Å². The van der Waals surface area contributed by atoms with Crippen LogP contribution in [0.25, 0.3) is 0 Å². The van der Waals surface area contributed by atoms with Gasteiger partial charge in [-0.3, -0.25) is 10.8 Å². The van der Waals surface area contributed by atoms with Gasteiger partial charge in [0.2, 0.25) is 20.0 Å². The molecule has 0 heterocycles. The van der Waals surface area contributed by atoms with Gasteiger partial charge in [0.25, 0.3) is 0 Å². The first-order valence-electron chi connectivity index (χ1n) is 15.2. The quantitative estimate of drug-likeness (QED) is 0.0475. The van der Waals surface area contributed by atoms with E-state index in [1.165, 1.54) is 48.5 Å². The molecule has 0 bridgehead atoms. The highest BCUT2D eigenvalue weighted by atomic mass is 32.2. The van der Waals surface area contributed by atoms with Gasteiger partial charge >= 0.3 is 0 Å². The summed E-state index contributed by atoms with van der Waals surface area (Å²) in [7, 11) is -7.41. The van der Waals surface area contributed by atoms with Gasteiger partial charge in [-0.2, -0.15) is 0 Å². The molecule has 0 aliphatic carbocycles. The van der Waals surface area contributed by atoms with Crippen molar-refractivity contribution in [2.45, 2.75) is 48.6 Å². The zero-order valence-electron chi connectivity index (χ0n) is 26.3. The van der Waals surface area contributed by atoms with Crippen LogP contribution in [0, 0.1) is 10.8 Å². The molecule has 4 aromatic carbocycles. The maximum Gasteiger partial charge on any atom is 0.240 e. The van der Waals surface area contributed by atoms with E-state index in [1.54, 1.807) is 0 Å². The highest BCUT2D eigenvalue weighted by molar-refractivity contribution is 7.89. The second kappa shape index (κ2) is 16.9. The third-order valence-electron chi connectivity index (χ3n) is 7.31. The summed E-state index contributed by atoms with van der Waals surface area (Å²) in [5.74, 6) is 1.18. The number of sulfonamides is 2. The molecule has 8 N–H and O–H groups in total. The van der Waals surface area contributed by atoms with Gasteiger partial charge in [-0.15, -0.1) is 0 Å².